The van der Waals surface area contributed by atoms with Crippen LogP contribution in [0.1, 0.15) is 39.5 Å². The van der Waals surface area contributed by atoms with Gasteiger partial charge in [-0.25, -0.2) is 0 Å². The fraction of sp³-hybridized carbons (Fsp3) is 0.500. The van der Waals surface area contributed by atoms with Gasteiger partial charge < -0.3 is 9.67 Å². The molecule has 1 fully saturated rings. The third-order valence-corrected chi connectivity index (χ3v) is 6.28. The summed E-state index contributed by atoms with van der Waals surface area (Å²) in [6.07, 6.45) is 2.23. The lowest BCUT2D eigenvalue weighted by molar-refractivity contribution is -0.143. The zero-order valence-corrected chi connectivity index (χ0v) is 16.2. The highest BCUT2D eigenvalue weighted by Crippen LogP contribution is 2.21. The van der Waals surface area contributed by atoms with Gasteiger partial charge in [-0.1, -0.05) is 6.07 Å². The van der Waals surface area contributed by atoms with Gasteiger partial charge in [-0.05, 0) is 63.7 Å². The standard InChI is InChI=1S/C20H26N2O3S/c1-14-12-18(15(2)22(14)10-7-17-4-3-11-26-17)19(23)13-21-8-5-16(6-9-21)20(24)25/h3-4,11-12,16H,5-10,13H2,1-2H3,(H,24,25). The molecular weight excluding hydrogens is 348 g/mol. The molecule has 3 rings (SSSR count). The lowest BCUT2D eigenvalue weighted by atomic mass is 9.97. The molecule has 2 aromatic heterocycles. The van der Waals surface area contributed by atoms with Crippen molar-refractivity contribution in [2.75, 3.05) is 19.6 Å². The molecule has 0 aromatic carbocycles. The van der Waals surface area contributed by atoms with Crippen molar-refractivity contribution in [2.45, 2.75) is 39.7 Å². The van der Waals surface area contributed by atoms with E-state index < -0.39 is 5.97 Å². The van der Waals surface area contributed by atoms with E-state index in [1.54, 1.807) is 11.3 Å². The second kappa shape index (κ2) is 8.18. The van der Waals surface area contributed by atoms with E-state index >= 15 is 0 Å². The molecule has 0 saturated carbocycles. The highest BCUT2D eigenvalue weighted by Gasteiger charge is 2.26. The summed E-state index contributed by atoms with van der Waals surface area (Å²) < 4.78 is 2.23. The number of piperidine rings is 1. The number of ketones is 1. The van der Waals surface area contributed by atoms with Gasteiger partial charge in [-0.2, -0.15) is 0 Å². The van der Waals surface area contributed by atoms with Crippen LogP contribution in [-0.2, 0) is 17.8 Å². The molecule has 1 aliphatic rings. The van der Waals surface area contributed by atoms with E-state index in [0.717, 1.165) is 29.9 Å². The average Bonchev–Trinajstić information content (AvgIpc) is 3.22. The van der Waals surface area contributed by atoms with E-state index in [1.807, 2.05) is 13.0 Å². The summed E-state index contributed by atoms with van der Waals surface area (Å²) in [5.74, 6) is -0.844. The molecule has 5 nitrogen and oxygen atoms in total. The van der Waals surface area contributed by atoms with E-state index in [9.17, 15) is 9.59 Å². The number of hydrogen-bond donors (Lipinski definition) is 1. The molecule has 2 aromatic rings. The first-order valence-electron chi connectivity index (χ1n) is 9.13. The van der Waals surface area contributed by atoms with Crippen LogP contribution in [0.15, 0.2) is 23.6 Å². The maximum Gasteiger partial charge on any atom is 0.306 e. The predicted octanol–water partition coefficient (Wildman–Crippen LogP) is 3.39. The van der Waals surface area contributed by atoms with Crippen molar-refractivity contribution in [1.29, 1.82) is 0 Å². The van der Waals surface area contributed by atoms with Crippen molar-refractivity contribution in [3.8, 4) is 0 Å². The number of carbonyl (C=O) groups excluding carboxylic acids is 1. The quantitative estimate of drug-likeness (QED) is 0.755. The zero-order valence-electron chi connectivity index (χ0n) is 15.4. The van der Waals surface area contributed by atoms with Crippen LogP contribution in [0.3, 0.4) is 0 Å². The number of likely N-dealkylation sites (tertiary alicyclic amines) is 1. The molecule has 0 atom stereocenters. The minimum atomic E-state index is -0.717. The van der Waals surface area contributed by atoms with Gasteiger partial charge >= 0.3 is 5.97 Å². The number of nitrogens with zero attached hydrogens (tertiary/aromatic N) is 2. The molecule has 1 saturated heterocycles. The number of aromatic nitrogens is 1. The van der Waals surface area contributed by atoms with E-state index in [0.29, 0.717) is 32.5 Å². The lowest BCUT2D eigenvalue weighted by Crippen LogP contribution is -2.39. The molecule has 1 N–H and O–H groups in total. The van der Waals surface area contributed by atoms with Crippen molar-refractivity contribution in [3.05, 3.63) is 45.4 Å². The summed E-state index contributed by atoms with van der Waals surface area (Å²) in [7, 11) is 0. The van der Waals surface area contributed by atoms with Gasteiger partial charge in [-0.15, -0.1) is 11.3 Å². The molecule has 0 amide bonds. The van der Waals surface area contributed by atoms with Crippen molar-refractivity contribution in [2.24, 2.45) is 5.92 Å². The van der Waals surface area contributed by atoms with Crippen molar-refractivity contribution >= 4 is 23.1 Å². The second-order valence-electron chi connectivity index (χ2n) is 7.08. The number of rotatable bonds is 7. The van der Waals surface area contributed by atoms with Gasteiger partial charge in [0.05, 0.1) is 12.5 Å². The molecule has 0 unspecified atom stereocenters. The van der Waals surface area contributed by atoms with E-state index in [1.165, 1.54) is 4.88 Å². The molecule has 0 bridgehead atoms. The van der Waals surface area contributed by atoms with Gasteiger partial charge in [-0.3, -0.25) is 14.5 Å². The minimum Gasteiger partial charge on any atom is -0.481 e. The van der Waals surface area contributed by atoms with Crippen LogP contribution in [0.4, 0.5) is 0 Å². The fourth-order valence-electron chi connectivity index (χ4n) is 3.73. The average molecular weight is 375 g/mol. The molecule has 6 heteroatoms. The molecule has 0 radical (unpaired) electrons. The summed E-state index contributed by atoms with van der Waals surface area (Å²) in [6, 6.07) is 6.21. The van der Waals surface area contributed by atoms with Crippen LogP contribution in [0.2, 0.25) is 0 Å². The Labute approximate surface area is 158 Å². The van der Waals surface area contributed by atoms with Crippen LogP contribution < -0.4 is 0 Å². The normalized spacial score (nSPS) is 16.1. The Hall–Kier alpha value is -1.92. The Morgan fingerprint density at radius 1 is 1.27 bits per heavy atom. The number of hydrogen-bond acceptors (Lipinski definition) is 4. The van der Waals surface area contributed by atoms with Crippen molar-refractivity contribution < 1.29 is 14.7 Å². The summed E-state index contributed by atoms with van der Waals surface area (Å²) >= 11 is 1.76. The Bertz CT molecular complexity index is 771. The molecule has 3 heterocycles. The Kier molecular flexibility index (Phi) is 5.94. The van der Waals surface area contributed by atoms with Gasteiger partial charge in [0.1, 0.15) is 0 Å². The largest absolute Gasteiger partial charge is 0.481 e. The highest BCUT2D eigenvalue weighted by molar-refractivity contribution is 7.09. The fourth-order valence-corrected chi connectivity index (χ4v) is 4.43. The number of aliphatic carboxylic acids is 1. The molecule has 0 aliphatic carbocycles. The first-order chi connectivity index (χ1) is 12.5. The van der Waals surface area contributed by atoms with Gasteiger partial charge in [0.2, 0.25) is 0 Å². The zero-order chi connectivity index (χ0) is 18.7. The first kappa shape index (κ1) is 18.9. The monoisotopic (exact) mass is 374 g/mol. The highest BCUT2D eigenvalue weighted by atomic mass is 32.1. The summed E-state index contributed by atoms with van der Waals surface area (Å²) in [4.78, 5) is 27.3. The van der Waals surface area contributed by atoms with Gasteiger partial charge in [0.25, 0.3) is 0 Å². The van der Waals surface area contributed by atoms with Crippen molar-refractivity contribution in [1.82, 2.24) is 9.47 Å². The topological polar surface area (TPSA) is 62.5 Å². The molecule has 0 spiro atoms. The smallest absolute Gasteiger partial charge is 0.306 e. The molecular formula is C20H26N2O3S. The van der Waals surface area contributed by atoms with Crippen LogP contribution in [-0.4, -0.2) is 46.0 Å². The second-order valence-corrected chi connectivity index (χ2v) is 8.11. The number of carboxylic acids is 1. The Morgan fingerprint density at radius 3 is 2.62 bits per heavy atom. The van der Waals surface area contributed by atoms with Crippen LogP contribution in [0.25, 0.3) is 0 Å². The number of thiophene rings is 1. The van der Waals surface area contributed by atoms with E-state index in [4.69, 9.17) is 5.11 Å². The van der Waals surface area contributed by atoms with Crippen molar-refractivity contribution in [3.63, 3.8) is 0 Å². The summed E-state index contributed by atoms with van der Waals surface area (Å²) in [5, 5.41) is 11.2. The van der Waals surface area contributed by atoms with E-state index in [2.05, 4.69) is 33.9 Å². The number of carboxylic acid groups (broad SMARTS) is 1. The maximum absolute atomic E-state index is 12.8. The number of carbonyl (C=O) groups is 2. The Balaban J connectivity index is 1.61. The van der Waals surface area contributed by atoms with Gasteiger partial charge in [0, 0.05) is 28.4 Å². The van der Waals surface area contributed by atoms with Gasteiger partial charge in [0.15, 0.2) is 5.78 Å². The summed E-state index contributed by atoms with van der Waals surface area (Å²) in [5.41, 5.74) is 2.95. The third kappa shape index (κ3) is 4.24. The molecule has 26 heavy (non-hydrogen) atoms. The number of Topliss-reactive ketones (excluding diaryl/α,β-unsaturated/α-hetero) is 1. The lowest BCUT2D eigenvalue weighted by Gasteiger charge is -2.29. The Morgan fingerprint density at radius 2 is 2.00 bits per heavy atom. The van der Waals surface area contributed by atoms with E-state index in [-0.39, 0.29) is 11.7 Å². The number of aryl methyl sites for hydroxylation is 2. The third-order valence-electron chi connectivity index (χ3n) is 5.34. The van der Waals surface area contributed by atoms with Crippen LogP contribution >= 0.6 is 11.3 Å². The summed E-state index contributed by atoms with van der Waals surface area (Å²) in [6.45, 7) is 6.69. The minimum absolute atomic E-state index is 0.134. The van der Waals surface area contributed by atoms with Crippen LogP contribution in [0.5, 0.6) is 0 Å². The first-order valence-corrected chi connectivity index (χ1v) is 10.0. The predicted molar refractivity (Wildman–Crippen MR) is 103 cm³/mol. The SMILES string of the molecule is Cc1cc(C(=O)CN2CCC(C(=O)O)CC2)c(C)n1CCc1cccs1. The molecule has 140 valence electrons. The maximum atomic E-state index is 12.8. The van der Waals surface area contributed by atoms with Crippen LogP contribution in [0, 0.1) is 19.8 Å². The molecule has 1 aliphatic heterocycles.